The van der Waals surface area contributed by atoms with Gasteiger partial charge in [-0.2, -0.15) is 0 Å². The molecule has 94 valence electrons. The van der Waals surface area contributed by atoms with Crippen molar-refractivity contribution in [2.45, 2.75) is 12.2 Å². The predicted molar refractivity (Wildman–Crippen MR) is 59.8 cm³/mol. The number of ether oxygens (including phenoxy) is 1. The summed E-state index contributed by atoms with van der Waals surface area (Å²) in [7, 11) is 0. The van der Waals surface area contributed by atoms with Crippen LogP contribution in [0.2, 0.25) is 0 Å². The molecule has 17 heavy (non-hydrogen) atoms. The Balaban J connectivity index is 3.37. The fraction of sp³-hybridized carbons (Fsp3) is 0.286. The molecule has 0 aliphatic carbocycles. The molecule has 1 rings (SSSR count). The van der Waals surface area contributed by atoms with Crippen molar-refractivity contribution < 1.29 is 22.8 Å². The van der Waals surface area contributed by atoms with Crippen LogP contribution in [-0.4, -0.2) is 16.3 Å². The van der Waals surface area contributed by atoms with Crippen molar-refractivity contribution in [3.8, 4) is 5.75 Å². The first-order valence-electron chi connectivity index (χ1n) is 3.90. The first-order valence-corrected chi connectivity index (χ1v) is 5.51. The van der Waals surface area contributed by atoms with Crippen molar-refractivity contribution in [2.24, 2.45) is 0 Å². The Labute approximate surface area is 111 Å². The van der Waals surface area contributed by atoms with Crippen LogP contribution >= 0.6 is 34.2 Å². The van der Waals surface area contributed by atoms with Crippen LogP contribution in [0.25, 0.3) is 0 Å². The number of nitrogens with zero attached hydrogens (tertiary/aromatic N) is 2. The van der Waals surface area contributed by atoms with E-state index in [9.17, 15) is 23.3 Å². The molecule has 0 saturated carbocycles. The van der Waals surface area contributed by atoms with Crippen molar-refractivity contribution in [3.63, 3.8) is 0 Å². The van der Waals surface area contributed by atoms with Gasteiger partial charge in [-0.3, -0.25) is 0 Å². The molecule has 0 aliphatic rings. The first kappa shape index (κ1) is 14.2. The van der Waals surface area contributed by atoms with E-state index in [0.29, 0.717) is 0 Å². The summed E-state index contributed by atoms with van der Waals surface area (Å²) < 4.78 is 40.0. The summed E-state index contributed by atoms with van der Waals surface area (Å²) in [5.41, 5.74) is -0.143. The minimum absolute atomic E-state index is 0.143. The van der Waals surface area contributed by atoms with Gasteiger partial charge in [-0.15, -0.1) is 24.8 Å². The normalized spacial score (nSPS) is 11.4. The van der Waals surface area contributed by atoms with Crippen molar-refractivity contribution in [3.05, 3.63) is 25.4 Å². The Morgan fingerprint density at radius 3 is 2.59 bits per heavy atom. The fourth-order valence-corrected chi connectivity index (χ4v) is 1.79. The minimum atomic E-state index is -5.04. The highest BCUT2D eigenvalue weighted by atomic mass is 127. The maximum Gasteiger partial charge on any atom is 0.573 e. The summed E-state index contributed by atoms with van der Waals surface area (Å²) in [6, 6.07) is 1.18. The van der Waals surface area contributed by atoms with Crippen molar-refractivity contribution in [1.82, 2.24) is 4.98 Å². The standard InChI is InChI=1S/C7H3ClF3IN2O3/c8-2-3-1-4(12)13-6(14(15)16)5(3)17-7(9,10)11/h1H,2H2. The van der Waals surface area contributed by atoms with Crippen LogP contribution in [0.15, 0.2) is 6.07 Å². The molecule has 1 aromatic heterocycles. The number of pyridine rings is 1. The molecule has 0 amide bonds. The summed E-state index contributed by atoms with van der Waals surface area (Å²) in [4.78, 5) is 12.9. The molecule has 0 bridgehead atoms. The van der Waals surface area contributed by atoms with Gasteiger partial charge >= 0.3 is 12.2 Å². The summed E-state index contributed by atoms with van der Waals surface area (Å²) >= 11 is 7.04. The molecular formula is C7H3ClF3IN2O3. The van der Waals surface area contributed by atoms with Crippen molar-refractivity contribution >= 4 is 40.0 Å². The summed E-state index contributed by atoms with van der Waals surface area (Å²) in [6.45, 7) is 0. The molecule has 0 atom stereocenters. The summed E-state index contributed by atoms with van der Waals surface area (Å²) in [5, 5.41) is 10.6. The second-order valence-corrected chi connectivity index (χ2v) is 4.07. The molecule has 10 heteroatoms. The number of hydrogen-bond donors (Lipinski definition) is 0. The SMILES string of the molecule is O=[N+]([O-])c1nc(I)cc(CCl)c1OC(F)(F)F. The third-order valence-corrected chi connectivity index (χ3v) is 2.38. The second-order valence-electron chi connectivity index (χ2n) is 2.70. The Hall–Kier alpha value is -0.840. The van der Waals surface area contributed by atoms with Crippen LogP contribution in [0.1, 0.15) is 5.56 Å². The number of halogens is 5. The van der Waals surface area contributed by atoms with E-state index in [1.54, 1.807) is 22.6 Å². The van der Waals surface area contributed by atoms with E-state index < -0.39 is 22.9 Å². The zero-order valence-electron chi connectivity index (χ0n) is 7.79. The lowest BCUT2D eigenvalue weighted by molar-refractivity contribution is -0.393. The lowest BCUT2D eigenvalue weighted by Crippen LogP contribution is -2.19. The maximum absolute atomic E-state index is 12.1. The van der Waals surface area contributed by atoms with E-state index in [1.165, 1.54) is 6.07 Å². The molecule has 0 spiro atoms. The van der Waals surface area contributed by atoms with Gasteiger partial charge in [-0.25, -0.2) is 0 Å². The monoisotopic (exact) mass is 382 g/mol. The Bertz CT molecular complexity index is 455. The topological polar surface area (TPSA) is 65.3 Å². The zero-order chi connectivity index (χ0) is 13.2. The van der Waals surface area contributed by atoms with Crippen LogP contribution in [-0.2, 0) is 5.88 Å². The van der Waals surface area contributed by atoms with Gasteiger partial charge in [-0.05, 0) is 9.91 Å². The third kappa shape index (κ3) is 3.84. The average Bonchev–Trinajstić information content (AvgIpc) is 2.17. The van der Waals surface area contributed by atoms with E-state index in [0.717, 1.165) is 0 Å². The van der Waals surface area contributed by atoms with E-state index in [4.69, 9.17) is 11.6 Å². The van der Waals surface area contributed by atoms with Gasteiger partial charge in [0.15, 0.2) is 0 Å². The highest BCUT2D eigenvalue weighted by Gasteiger charge is 2.37. The van der Waals surface area contributed by atoms with Gasteiger partial charge in [0.25, 0.3) is 0 Å². The molecule has 0 aliphatic heterocycles. The highest BCUT2D eigenvalue weighted by molar-refractivity contribution is 14.1. The van der Waals surface area contributed by atoms with E-state index in [-0.39, 0.29) is 15.1 Å². The smallest absolute Gasteiger partial charge is 0.396 e. The molecule has 0 radical (unpaired) electrons. The number of rotatable bonds is 3. The highest BCUT2D eigenvalue weighted by Crippen LogP contribution is 2.35. The van der Waals surface area contributed by atoms with Crippen LogP contribution in [0.5, 0.6) is 5.75 Å². The number of hydrogen-bond acceptors (Lipinski definition) is 4. The van der Waals surface area contributed by atoms with Gasteiger partial charge < -0.3 is 14.9 Å². The Morgan fingerprint density at radius 1 is 1.59 bits per heavy atom. The Kier molecular flexibility index (Phi) is 4.36. The van der Waals surface area contributed by atoms with Crippen molar-refractivity contribution in [2.75, 3.05) is 0 Å². The lowest BCUT2D eigenvalue weighted by atomic mass is 10.2. The van der Waals surface area contributed by atoms with Gasteiger partial charge in [0.2, 0.25) is 9.45 Å². The zero-order valence-corrected chi connectivity index (χ0v) is 10.7. The van der Waals surface area contributed by atoms with Gasteiger partial charge in [0.1, 0.15) is 0 Å². The molecule has 0 fully saturated rings. The predicted octanol–water partition coefficient (Wildman–Crippen LogP) is 3.23. The largest absolute Gasteiger partial charge is 0.573 e. The maximum atomic E-state index is 12.1. The lowest BCUT2D eigenvalue weighted by Gasteiger charge is -2.11. The summed E-state index contributed by atoms with van der Waals surface area (Å²) in [6.07, 6.45) is -5.04. The van der Waals surface area contributed by atoms with Crippen LogP contribution in [0.3, 0.4) is 0 Å². The first-order chi connectivity index (χ1) is 7.74. The Morgan fingerprint density at radius 2 is 2.18 bits per heavy atom. The van der Waals surface area contributed by atoms with Crippen LogP contribution in [0, 0.1) is 13.8 Å². The molecule has 0 saturated heterocycles. The third-order valence-electron chi connectivity index (χ3n) is 1.54. The number of aromatic nitrogens is 1. The molecule has 1 heterocycles. The minimum Gasteiger partial charge on any atom is -0.396 e. The summed E-state index contributed by atoms with van der Waals surface area (Å²) in [5.74, 6) is -2.34. The van der Waals surface area contributed by atoms with Gasteiger partial charge in [0.05, 0.1) is 5.88 Å². The molecular weight excluding hydrogens is 379 g/mol. The molecule has 5 nitrogen and oxygen atoms in total. The van der Waals surface area contributed by atoms with Crippen LogP contribution < -0.4 is 4.74 Å². The molecule has 0 N–H and O–H groups in total. The van der Waals surface area contributed by atoms with E-state index in [1.807, 2.05) is 0 Å². The average molecular weight is 382 g/mol. The quantitative estimate of drug-likeness (QED) is 0.265. The molecule has 1 aromatic rings. The van der Waals surface area contributed by atoms with Gasteiger partial charge in [0, 0.05) is 34.2 Å². The van der Waals surface area contributed by atoms with Crippen LogP contribution in [0.4, 0.5) is 19.0 Å². The van der Waals surface area contributed by atoms with E-state index >= 15 is 0 Å². The second kappa shape index (κ2) is 5.21. The van der Waals surface area contributed by atoms with E-state index in [2.05, 4.69) is 9.72 Å². The molecule has 0 aromatic carbocycles. The van der Waals surface area contributed by atoms with Gasteiger partial charge in [-0.1, -0.05) is 0 Å². The fourth-order valence-electron chi connectivity index (χ4n) is 0.987. The molecule has 0 unspecified atom stereocenters. The number of nitro groups is 1. The number of alkyl halides is 4. The van der Waals surface area contributed by atoms with Crippen molar-refractivity contribution in [1.29, 1.82) is 0 Å².